The lowest BCUT2D eigenvalue weighted by Crippen LogP contribution is -1.92. The molecule has 0 bridgehead atoms. The molecule has 0 amide bonds. The van der Waals surface area contributed by atoms with Crippen molar-refractivity contribution < 1.29 is 14.0 Å². The molecule has 1 aromatic carbocycles. The lowest BCUT2D eigenvalue weighted by Gasteiger charge is -2.07. The van der Waals surface area contributed by atoms with E-state index in [0.29, 0.717) is 23.2 Å². The maximum absolute atomic E-state index is 5.25. The third-order valence-corrected chi connectivity index (χ3v) is 3.75. The summed E-state index contributed by atoms with van der Waals surface area (Å²) in [6, 6.07) is 5.50. The number of nitrogens with zero attached hydrogens (tertiary/aromatic N) is 2. The minimum absolute atomic E-state index is 0.0777. The number of rotatable bonds is 5. The standard InChI is InChI=1S/C13H15BrN2O3/c1-4-9(14)13-15-12(16-19-13)8-5-6-10(17-2)11(7-8)18-3/h5-7,9H,4H2,1-3H3. The van der Waals surface area contributed by atoms with Gasteiger partial charge in [0.2, 0.25) is 11.7 Å². The molecule has 1 unspecified atom stereocenters. The fourth-order valence-electron chi connectivity index (χ4n) is 1.63. The first kappa shape index (κ1) is 13.9. The number of hydrogen-bond acceptors (Lipinski definition) is 5. The zero-order valence-corrected chi connectivity index (χ0v) is 12.6. The summed E-state index contributed by atoms with van der Waals surface area (Å²) in [5.74, 6) is 2.42. The van der Waals surface area contributed by atoms with Crippen LogP contribution in [0.5, 0.6) is 11.5 Å². The number of benzene rings is 1. The van der Waals surface area contributed by atoms with Gasteiger partial charge >= 0.3 is 0 Å². The maximum Gasteiger partial charge on any atom is 0.240 e. The largest absolute Gasteiger partial charge is 0.493 e. The van der Waals surface area contributed by atoms with E-state index in [1.807, 2.05) is 25.1 Å². The molecule has 1 aromatic heterocycles. The Morgan fingerprint density at radius 1 is 1.26 bits per heavy atom. The van der Waals surface area contributed by atoms with Crippen molar-refractivity contribution >= 4 is 15.9 Å². The second-order valence-electron chi connectivity index (χ2n) is 3.90. The third-order valence-electron chi connectivity index (χ3n) is 2.71. The number of hydrogen-bond donors (Lipinski definition) is 0. The van der Waals surface area contributed by atoms with Gasteiger partial charge in [0.05, 0.1) is 19.0 Å². The molecule has 2 aromatic rings. The molecule has 1 atom stereocenters. The van der Waals surface area contributed by atoms with Crippen LogP contribution in [-0.4, -0.2) is 24.4 Å². The summed E-state index contributed by atoms with van der Waals surface area (Å²) in [5.41, 5.74) is 0.823. The maximum atomic E-state index is 5.25. The van der Waals surface area contributed by atoms with Gasteiger partial charge in [-0.2, -0.15) is 4.98 Å². The summed E-state index contributed by atoms with van der Waals surface area (Å²) in [6.07, 6.45) is 0.883. The summed E-state index contributed by atoms with van der Waals surface area (Å²) in [5, 5.41) is 3.97. The molecule has 0 radical (unpaired) electrons. The minimum atomic E-state index is 0.0777. The molecule has 0 aliphatic rings. The lowest BCUT2D eigenvalue weighted by atomic mass is 10.2. The van der Waals surface area contributed by atoms with Crippen molar-refractivity contribution in [1.82, 2.24) is 10.1 Å². The summed E-state index contributed by atoms with van der Waals surface area (Å²) < 4.78 is 15.7. The molecule has 0 aliphatic heterocycles. The normalized spacial score (nSPS) is 12.2. The van der Waals surface area contributed by atoms with Gasteiger partial charge in [0, 0.05) is 5.56 Å². The molecule has 0 fully saturated rings. The first-order chi connectivity index (χ1) is 9.19. The van der Waals surface area contributed by atoms with Crippen LogP contribution in [0.15, 0.2) is 22.7 Å². The van der Waals surface area contributed by atoms with Crippen LogP contribution in [0.3, 0.4) is 0 Å². The predicted octanol–water partition coefficient (Wildman–Crippen LogP) is 3.60. The molecule has 0 aliphatic carbocycles. The highest BCUT2D eigenvalue weighted by atomic mass is 79.9. The molecule has 1 heterocycles. The van der Waals surface area contributed by atoms with Crippen molar-refractivity contribution in [2.24, 2.45) is 0 Å². The van der Waals surface area contributed by atoms with E-state index in [-0.39, 0.29) is 4.83 Å². The van der Waals surface area contributed by atoms with Gasteiger partial charge in [-0.05, 0) is 24.6 Å². The quantitative estimate of drug-likeness (QED) is 0.786. The number of aromatic nitrogens is 2. The van der Waals surface area contributed by atoms with Crippen molar-refractivity contribution in [2.75, 3.05) is 14.2 Å². The van der Waals surface area contributed by atoms with Gasteiger partial charge in [0.15, 0.2) is 11.5 Å². The molecule has 0 spiro atoms. The molecule has 0 N–H and O–H groups in total. The van der Waals surface area contributed by atoms with Gasteiger partial charge in [0.1, 0.15) is 0 Å². The number of halogens is 1. The monoisotopic (exact) mass is 326 g/mol. The van der Waals surface area contributed by atoms with Gasteiger partial charge < -0.3 is 14.0 Å². The summed E-state index contributed by atoms with van der Waals surface area (Å²) in [4.78, 5) is 4.44. The van der Waals surface area contributed by atoms with Gasteiger partial charge in [-0.3, -0.25) is 0 Å². The second-order valence-corrected chi connectivity index (χ2v) is 5.01. The summed E-state index contributed by atoms with van der Waals surface area (Å²) in [7, 11) is 3.19. The molecule has 102 valence electrons. The molecule has 6 heteroatoms. The van der Waals surface area contributed by atoms with Gasteiger partial charge in [0.25, 0.3) is 0 Å². The van der Waals surface area contributed by atoms with E-state index in [1.54, 1.807) is 14.2 Å². The molecule has 19 heavy (non-hydrogen) atoms. The van der Waals surface area contributed by atoms with Crippen molar-refractivity contribution in [2.45, 2.75) is 18.2 Å². The SMILES string of the molecule is CCC(Br)c1nc(-c2ccc(OC)c(OC)c2)no1. The van der Waals surface area contributed by atoms with E-state index in [1.165, 1.54) is 0 Å². The smallest absolute Gasteiger partial charge is 0.240 e. The van der Waals surface area contributed by atoms with Crippen LogP contribution in [0.1, 0.15) is 24.1 Å². The van der Waals surface area contributed by atoms with Crippen LogP contribution < -0.4 is 9.47 Å². The third kappa shape index (κ3) is 2.89. The predicted molar refractivity (Wildman–Crippen MR) is 74.8 cm³/mol. The van der Waals surface area contributed by atoms with Gasteiger partial charge in [-0.25, -0.2) is 0 Å². The molecule has 2 rings (SSSR count). The Balaban J connectivity index is 2.34. The molecule has 5 nitrogen and oxygen atoms in total. The Morgan fingerprint density at radius 2 is 2.00 bits per heavy atom. The fourth-order valence-corrected chi connectivity index (χ4v) is 1.82. The van der Waals surface area contributed by atoms with Crippen LogP contribution in [0.4, 0.5) is 0 Å². The fraction of sp³-hybridized carbons (Fsp3) is 0.385. The highest BCUT2D eigenvalue weighted by molar-refractivity contribution is 9.09. The Kier molecular flexibility index (Phi) is 4.42. The van der Waals surface area contributed by atoms with Crippen molar-refractivity contribution in [3.63, 3.8) is 0 Å². The van der Waals surface area contributed by atoms with E-state index in [0.717, 1.165) is 12.0 Å². The molecular weight excluding hydrogens is 312 g/mol. The van der Waals surface area contributed by atoms with Crippen LogP contribution in [0, 0.1) is 0 Å². The second kappa shape index (κ2) is 6.06. The Labute approximate surface area is 120 Å². The molecule has 0 saturated heterocycles. The van der Waals surface area contributed by atoms with Crippen molar-refractivity contribution in [3.8, 4) is 22.9 Å². The molecular formula is C13H15BrN2O3. The zero-order chi connectivity index (χ0) is 13.8. The Bertz CT molecular complexity index is 557. The summed E-state index contributed by atoms with van der Waals surface area (Å²) >= 11 is 3.48. The number of ether oxygens (including phenoxy) is 2. The first-order valence-electron chi connectivity index (χ1n) is 5.89. The minimum Gasteiger partial charge on any atom is -0.493 e. The summed E-state index contributed by atoms with van der Waals surface area (Å²) in [6.45, 7) is 2.04. The van der Waals surface area contributed by atoms with E-state index in [9.17, 15) is 0 Å². The zero-order valence-electron chi connectivity index (χ0n) is 11.0. The highest BCUT2D eigenvalue weighted by Gasteiger charge is 2.16. The van der Waals surface area contributed by atoms with E-state index in [4.69, 9.17) is 14.0 Å². The number of alkyl halides is 1. The van der Waals surface area contributed by atoms with Crippen LogP contribution >= 0.6 is 15.9 Å². The Hall–Kier alpha value is -1.56. The highest BCUT2D eigenvalue weighted by Crippen LogP contribution is 2.32. The Morgan fingerprint density at radius 3 is 2.63 bits per heavy atom. The average molecular weight is 327 g/mol. The van der Waals surface area contributed by atoms with E-state index in [2.05, 4.69) is 26.1 Å². The number of methoxy groups -OCH3 is 2. The topological polar surface area (TPSA) is 57.4 Å². The van der Waals surface area contributed by atoms with Crippen molar-refractivity contribution in [1.29, 1.82) is 0 Å². The molecule has 0 saturated carbocycles. The lowest BCUT2D eigenvalue weighted by molar-refractivity contribution is 0.355. The first-order valence-corrected chi connectivity index (χ1v) is 6.81. The van der Waals surface area contributed by atoms with E-state index >= 15 is 0 Å². The van der Waals surface area contributed by atoms with Gasteiger partial charge in [-0.1, -0.05) is 28.0 Å². The van der Waals surface area contributed by atoms with Crippen LogP contribution in [0.25, 0.3) is 11.4 Å². The van der Waals surface area contributed by atoms with Crippen LogP contribution in [-0.2, 0) is 0 Å². The average Bonchev–Trinajstić information content (AvgIpc) is 2.95. The van der Waals surface area contributed by atoms with Gasteiger partial charge in [-0.15, -0.1) is 0 Å². The van der Waals surface area contributed by atoms with E-state index < -0.39 is 0 Å². The van der Waals surface area contributed by atoms with Crippen molar-refractivity contribution in [3.05, 3.63) is 24.1 Å². The van der Waals surface area contributed by atoms with Crippen LogP contribution in [0.2, 0.25) is 0 Å².